The first-order valence-electron chi connectivity index (χ1n) is 9.06. The molecular weight excluding hydrogens is 346 g/mol. The van der Waals surface area contributed by atoms with E-state index in [0.29, 0.717) is 24.4 Å². The van der Waals surface area contributed by atoms with Crippen LogP contribution in [-0.4, -0.2) is 21.5 Å². The molecule has 1 aliphatic rings. The predicted octanol–water partition coefficient (Wildman–Crippen LogP) is 5.38. The lowest BCUT2D eigenvalue weighted by atomic mass is 9.89. The van der Waals surface area contributed by atoms with Gasteiger partial charge in [0, 0.05) is 13.1 Å². The molecule has 2 aromatic rings. The summed E-state index contributed by atoms with van der Waals surface area (Å²) in [5, 5.41) is 6.80. The normalized spacial score (nSPS) is 14.6. The molecule has 0 radical (unpaired) electrons. The summed E-state index contributed by atoms with van der Waals surface area (Å²) in [5.41, 5.74) is 3.79. The van der Waals surface area contributed by atoms with Crippen molar-refractivity contribution in [2.24, 2.45) is 5.92 Å². The van der Waals surface area contributed by atoms with Crippen molar-refractivity contribution in [1.29, 1.82) is 0 Å². The van der Waals surface area contributed by atoms with Gasteiger partial charge < -0.3 is 10.6 Å². The van der Waals surface area contributed by atoms with Gasteiger partial charge in [-0.2, -0.15) is 15.0 Å². The number of benzene rings is 1. The minimum Gasteiger partial charge on any atom is -0.354 e. The highest BCUT2D eigenvalue weighted by atomic mass is 35.5. The van der Waals surface area contributed by atoms with Crippen LogP contribution in [0.15, 0.2) is 18.2 Å². The van der Waals surface area contributed by atoms with Crippen molar-refractivity contribution >= 4 is 23.5 Å². The Bertz CT molecular complexity index is 713. The Kier molecular flexibility index (Phi) is 7.64. The molecule has 0 spiro atoms. The van der Waals surface area contributed by atoms with Crippen molar-refractivity contribution in [2.45, 2.75) is 59.9 Å². The van der Waals surface area contributed by atoms with Gasteiger partial charge in [0.15, 0.2) is 0 Å². The van der Waals surface area contributed by atoms with E-state index < -0.39 is 0 Å². The lowest BCUT2D eigenvalue weighted by Crippen LogP contribution is -2.19. The lowest BCUT2D eigenvalue weighted by molar-refractivity contribution is 0.373. The molecule has 3 rings (SSSR count). The number of rotatable bonds is 6. The van der Waals surface area contributed by atoms with Gasteiger partial charge in [0.2, 0.25) is 17.2 Å². The van der Waals surface area contributed by atoms with Crippen molar-refractivity contribution in [2.75, 3.05) is 17.2 Å². The molecule has 5 nitrogen and oxygen atoms in total. The van der Waals surface area contributed by atoms with Gasteiger partial charge in [-0.3, -0.25) is 0 Å². The van der Waals surface area contributed by atoms with E-state index in [4.69, 9.17) is 11.6 Å². The monoisotopic (exact) mass is 375 g/mol. The lowest BCUT2D eigenvalue weighted by Gasteiger charge is -2.21. The Morgan fingerprint density at radius 1 is 1.00 bits per heavy atom. The molecule has 0 saturated heterocycles. The summed E-state index contributed by atoms with van der Waals surface area (Å²) in [6.07, 6.45) is 6.58. The third-order valence-electron chi connectivity index (χ3n) is 5.04. The molecule has 0 unspecified atom stereocenters. The van der Waals surface area contributed by atoms with E-state index in [0.717, 1.165) is 6.54 Å². The van der Waals surface area contributed by atoms with Crippen LogP contribution in [0.5, 0.6) is 0 Å². The number of hydrogen-bond acceptors (Lipinski definition) is 5. The van der Waals surface area contributed by atoms with Crippen molar-refractivity contribution in [3.63, 3.8) is 0 Å². The van der Waals surface area contributed by atoms with E-state index >= 15 is 0 Å². The minimum absolute atomic E-state index is 0. The standard InChI is InChI=1S/C19H26ClN5.CH4/c1-13-7-6-10-16(14(13)2)12-22-19-24-17(20)23-18(25-19)21-11-15-8-4-3-5-9-15;/h6-7,10,15H,3-5,8-9,11-12H2,1-2H3,(H2,21,22,23,24,25);1H4. The van der Waals surface area contributed by atoms with Crippen molar-refractivity contribution in [1.82, 2.24) is 15.0 Å². The van der Waals surface area contributed by atoms with E-state index in [2.05, 4.69) is 57.6 Å². The molecule has 1 saturated carbocycles. The van der Waals surface area contributed by atoms with Gasteiger partial charge in [-0.15, -0.1) is 0 Å². The van der Waals surface area contributed by atoms with Gasteiger partial charge in [0.05, 0.1) is 0 Å². The largest absolute Gasteiger partial charge is 0.354 e. The summed E-state index contributed by atoms with van der Waals surface area (Å²) < 4.78 is 0. The zero-order chi connectivity index (χ0) is 17.6. The molecule has 0 amide bonds. The fourth-order valence-corrected chi connectivity index (χ4v) is 3.47. The zero-order valence-corrected chi connectivity index (χ0v) is 15.7. The van der Waals surface area contributed by atoms with Crippen LogP contribution in [0.2, 0.25) is 5.28 Å². The molecule has 1 heterocycles. The second-order valence-electron chi connectivity index (χ2n) is 6.85. The fourth-order valence-electron chi connectivity index (χ4n) is 3.31. The Hall–Kier alpha value is -1.88. The summed E-state index contributed by atoms with van der Waals surface area (Å²) in [4.78, 5) is 12.8. The van der Waals surface area contributed by atoms with Crippen molar-refractivity contribution < 1.29 is 0 Å². The van der Waals surface area contributed by atoms with E-state index in [1.54, 1.807) is 0 Å². The summed E-state index contributed by atoms with van der Waals surface area (Å²) in [5.74, 6) is 1.76. The maximum absolute atomic E-state index is 6.07. The van der Waals surface area contributed by atoms with Gasteiger partial charge in [-0.25, -0.2) is 0 Å². The maximum Gasteiger partial charge on any atom is 0.229 e. The molecule has 1 aliphatic carbocycles. The molecule has 1 aromatic heterocycles. The fraction of sp³-hybridized carbons (Fsp3) is 0.550. The summed E-state index contributed by atoms with van der Waals surface area (Å²) in [6, 6.07) is 6.29. The van der Waals surface area contributed by atoms with E-state index in [-0.39, 0.29) is 12.7 Å². The number of halogens is 1. The Balaban J connectivity index is 0.00000243. The van der Waals surface area contributed by atoms with Crippen LogP contribution >= 0.6 is 11.6 Å². The second kappa shape index (κ2) is 9.72. The highest BCUT2D eigenvalue weighted by Gasteiger charge is 2.14. The van der Waals surface area contributed by atoms with Gasteiger partial charge in [0.25, 0.3) is 0 Å². The maximum atomic E-state index is 6.07. The first-order valence-corrected chi connectivity index (χ1v) is 9.44. The number of nitrogens with zero attached hydrogens (tertiary/aromatic N) is 3. The second-order valence-corrected chi connectivity index (χ2v) is 7.19. The topological polar surface area (TPSA) is 62.7 Å². The SMILES string of the molecule is C.Cc1cccc(CNc2nc(Cl)nc(NCC3CCCCC3)n2)c1C. The third kappa shape index (κ3) is 5.56. The average molecular weight is 376 g/mol. The number of hydrogen-bond donors (Lipinski definition) is 2. The molecule has 26 heavy (non-hydrogen) atoms. The molecule has 1 fully saturated rings. The molecule has 142 valence electrons. The molecule has 0 bridgehead atoms. The average Bonchev–Trinajstić information content (AvgIpc) is 2.62. The molecule has 0 aliphatic heterocycles. The van der Waals surface area contributed by atoms with Crippen LogP contribution in [0.1, 0.15) is 56.2 Å². The van der Waals surface area contributed by atoms with Gasteiger partial charge >= 0.3 is 0 Å². The molecule has 0 atom stereocenters. The first kappa shape index (κ1) is 20.4. The van der Waals surface area contributed by atoms with Crippen LogP contribution in [0.3, 0.4) is 0 Å². The number of anilines is 2. The smallest absolute Gasteiger partial charge is 0.229 e. The Morgan fingerprint density at radius 2 is 1.69 bits per heavy atom. The van der Waals surface area contributed by atoms with E-state index in [1.165, 1.54) is 48.8 Å². The molecule has 6 heteroatoms. The van der Waals surface area contributed by atoms with E-state index in [1.807, 2.05) is 0 Å². The summed E-state index contributed by atoms with van der Waals surface area (Å²) in [6.45, 7) is 5.81. The first-order chi connectivity index (χ1) is 12.1. The van der Waals surface area contributed by atoms with E-state index in [9.17, 15) is 0 Å². The van der Waals surface area contributed by atoms with Crippen LogP contribution in [0, 0.1) is 19.8 Å². The number of nitrogens with one attached hydrogen (secondary N) is 2. The van der Waals surface area contributed by atoms with Crippen molar-refractivity contribution in [3.8, 4) is 0 Å². The van der Waals surface area contributed by atoms with Gasteiger partial charge in [0.1, 0.15) is 0 Å². The quantitative estimate of drug-likeness (QED) is 0.709. The van der Waals surface area contributed by atoms with Crippen LogP contribution in [0.25, 0.3) is 0 Å². The van der Waals surface area contributed by atoms with Crippen molar-refractivity contribution in [3.05, 3.63) is 40.2 Å². The predicted molar refractivity (Wildman–Crippen MR) is 110 cm³/mol. The molecule has 1 aromatic carbocycles. The number of aromatic nitrogens is 3. The number of aryl methyl sites for hydroxylation is 1. The zero-order valence-electron chi connectivity index (χ0n) is 15.0. The van der Waals surface area contributed by atoms with Crippen LogP contribution < -0.4 is 10.6 Å². The van der Waals surface area contributed by atoms with Gasteiger partial charge in [-0.05, 0) is 60.9 Å². The Labute approximate surface area is 162 Å². The van der Waals surface area contributed by atoms with Crippen LogP contribution in [-0.2, 0) is 6.54 Å². The Morgan fingerprint density at radius 3 is 2.42 bits per heavy atom. The minimum atomic E-state index is 0. The van der Waals surface area contributed by atoms with Crippen LogP contribution in [0.4, 0.5) is 11.9 Å². The summed E-state index contributed by atoms with van der Waals surface area (Å²) >= 11 is 6.07. The third-order valence-corrected chi connectivity index (χ3v) is 5.20. The highest BCUT2D eigenvalue weighted by molar-refractivity contribution is 6.28. The highest BCUT2D eigenvalue weighted by Crippen LogP contribution is 2.24. The molecular formula is C20H30ClN5. The van der Waals surface area contributed by atoms with Gasteiger partial charge in [-0.1, -0.05) is 44.9 Å². The summed E-state index contributed by atoms with van der Waals surface area (Å²) in [7, 11) is 0. The molecule has 2 N–H and O–H groups in total.